The van der Waals surface area contributed by atoms with E-state index in [9.17, 15) is 0 Å². The number of rotatable bonds is 4. The van der Waals surface area contributed by atoms with Gasteiger partial charge in [0.05, 0.1) is 0 Å². The van der Waals surface area contributed by atoms with E-state index in [-0.39, 0.29) is 0 Å². The Morgan fingerprint density at radius 1 is 1.15 bits per heavy atom. The number of aromatic amines is 1. The van der Waals surface area contributed by atoms with E-state index in [4.69, 9.17) is 12.2 Å². The maximum absolute atomic E-state index is 5.29. The standard InChI is InChI=1S/C14H13N5S/c20-14-18-17-13(12-5-1-2-8-16-12)19(14)9-6-11-4-3-7-15-10-11/h1-5,7-8,10H,6,9H2,(H,18,20). The van der Waals surface area contributed by atoms with Crippen LogP contribution in [0.2, 0.25) is 0 Å². The van der Waals surface area contributed by atoms with Crippen molar-refractivity contribution < 1.29 is 0 Å². The molecule has 0 atom stereocenters. The fourth-order valence-corrected chi connectivity index (χ4v) is 2.23. The molecule has 0 radical (unpaired) electrons. The third-order valence-electron chi connectivity index (χ3n) is 3.00. The Bertz CT molecular complexity index is 733. The number of nitrogens with zero attached hydrogens (tertiary/aromatic N) is 4. The van der Waals surface area contributed by atoms with Gasteiger partial charge in [-0.1, -0.05) is 12.1 Å². The second-order valence-electron chi connectivity index (χ2n) is 4.33. The Kier molecular flexibility index (Phi) is 3.64. The van der Waals surface area contributed by atoms with E-state index >= 15 is 0 Å². The predicted octanol–water partition coefficient (Wildman–Crippen LogP) is 2.64. The monoisotopic (exact) mass is 283 g/mol. The molecule has 0 saturated heterocycles. The van der Waals surface area contributed by atoms with Crippen LogP contribution in [-0.2, 0) is 13.0 Å². The van der Waals surface area contributed by atoms with E-state index in [2.05, 4.69) is 26.2 Å². The molecule has 0 spiro atoms. The molecule has 0 amide bonds. The highest BCUT2D eigenvalue weighted by molar-refractivity contribution is 7.71. The fraction of sp³-hybridized carbons (Fsp3) is 0.143. The topological polar surface area (TPSA) is 59.4 Å². The van der Waals surface area contributed by atoms with Gasteiger partial charge in [0.25, 0.3) is 0 Å². The van der Waals surface area contributed by atoms with Crippen molar-refractivity contribution in [2.24, 2.45) is 0 Å². The summed E-state index contributed by atoms with van der Waals surface area (Å²) in [6.07, 6.45) is 6.23. The molecule has 3 aromatic heterocycles. The first-order valence-electron chi connectivity index (χ1n) is 6.30. The summed E-state index contributed by atoms with van der Waals surface area (Å²) in [5.74, 6) is 0.763. The van der Waals surface area contributed by atoms with Crippen molar-refractivity contribution in [3.63, 3.8) is 0 Å². The summed E-state index contributed by atoms with van der Waals surface area (Å²) in [6.45, 7) is 0.743. The molecule has 0 unspecified atom stereocenters. The van der Waals surface area contributed by atoms with Gasteiger partial charge in [0.2, 0.25) is 0 Å². The van der Waals surface area contributed by atoms with Gasteiger partial charge in [-0.05, 0) is 42.4 Å². The molecule has 3 aromatic rings. The quantitative estimate of drug-likeness (QED) is 0.748. The average Bonchev–Trinajstić information content (AvgIpc) is 2.88. The molecular weight excluding hydrogens is 270 g/mol. The second-order valence-corrected chi connectivity index (χ2v) is 4.72. The molecule has 0 aromatic carbocycles. The van der Waals surface area contributed by atoms with E-state index in [1.807, 2.05) is 35.0 Å². The van der Waals surface area contributed by atoms with E-state index in [0.29, 0.717) is 4.77 Å². The fourth-order valence-electron chi connectivity index (χ4n) is 2.00. The zero-order valence-corrected chi connectivity index (χ0v) is 11.5. The van der Waals surface area contributed by atoms with E-state index in [1.165, 1.54) is 5.56 Å². The summed E-state index contributed by atoms with van der Waals surface area (Å²) in [6, 6.07) is 9.72. The highest BCUT2D eigenvalue weighted by atomic mass is 32.1. The van der Waals surface area contributed by atoms with Gasteiger partial charge in [-0.25, -0.2) is 0 Å². The lowest BCUT2D eigenvalue weighted by atomic mass is 10.2. The number of hydrogen-bond donors (Lipinski definition) is 1. The summed E-state index contributed by atoms with van der Waals surface area (Å²) < 4.78 is 2.57. The van der Waals surface area contributed by atoms with Crippen molar-refractivity contribution in [1.82, 2.24) is 24.7 Å². The molecular formula is C14H13N5S. The van der Waals surface area contributed by atoms with Crippen molar-refractivity contribution in [2.45, 2.75) is 13.0 Å². The molecule has 6 heteroatoms. The third kappa shape index (κ3) is 2.65. The van der Waals surface area contributed by atoms with Crippen LogP contribution in [0.15, 0.2) is 48.9 Å². The highest BCUT2D eigenvalue weighted by Gasteiger charge is 2.09. The number of nitrogens with one attached hydrogen (secondary N) is 1. The van der Waals surface area contributed by atoms with E-state index < -0.39 is 0 Å². The Morgan fingerprint density at radius 2 is 2.10 bits per heavy atom. The molecule has 20 heavy (non-hydrogen) atoms. The number of hydrogen-bond acceptors (Lipinski definition) is 4. The van der Waals surface area contributed by atoms with Crippen LogP contribution in [-0.4, -0.2) is 24.7 Å². The molecule has 0 aliphatic heterocycles. The Hall–Kier alpha value is -2.34. The summed E-state index contributed by atoms with van der Waals surface area (Å²) in [5.41, 5.74) is 1.98. The normalized spacial score (nSPS) is 10.6. The molecule has 5 nitrogen and oxygen atoms in total. The number of aromatic nitrogens is 5. The van der Waals surface area contributed by atoms with Gasteiger partial charge in [-0.3, -0.25) is 19.6 Å². The minimum absolute atomic E-state index is 0.606. The first-order valence-corrected chi connectivity index (χ1v) is 6.71. The molecule has 0 aliphatic rings. The zero-order valence-electron chi connectivity index (χ0n) is 10.7. The Balaban J connectivity index is 1.87. The third-order valence-corrected chi connectivity index (χ3v) is 3.31. The lowest BCUT2D eigenvalue weighted by molar-refractivity contribution is 0.689. The highest BCUT2D eigenvalue weighted by Crippen LogP contribution is 2.14. The minimum atomic E-state index is 0.606. The minimum Gasteiger partial charge on any atom is -0.299 e. The average molecular weight is 283 g/mol. The molecule has 0 saturated carbocycles. The maximum atomic E-state index is 5.29. The summed E-state index contributed by atoms with van der Waals surface area (Å²) in [7, 11) is 0. The van der Waals surface area contributed by atoms with Crippen LogP contribution in [0, 0.1) is 4.77 Å². The molecule has 0 fully saturated rings. The SMILES string of the molecule is S=c1[nH]nc(-c2ccccn2)n1CCc1cccnc1. The summed E-state index contributed by atoms with van der Waals surface area (Å²) >= 11 is 5.29. The Labute approximate surface area is 121 Å². The van der Waals surface area contributed by atoms with Crippen LogP contribution in [0.4, 0.5) is 0 Å². The van der Waals surface area contributed by atoms with Gasteiger partial charge in [0.1, 0.15) is 5.69 Å². The lowest BCUT2D eigenvalue weighted by Crippen LogP contribution is -2.04. The largest absolute Gasteiger partial charge is 0.299 e. The van der Waals surface area contributed by atoms with E-state index in [1.54, 1.807) is 12.4 Å². The Morgan fingerprint density at radius 3 is 2.85 bits per heavy atom. The van der Waals surface area contributed by atoms with Crippen LogP contribution in [0.1, 0.15) is 5.56 Å². The van der Waals surface area contributed by atoms with Gasteiger partial charge in [-0.15, -0.1) is 0 Å². The number of H-pyrrole nitrogens is 1. The predicted molar refractivity (Wildman–Crippen MR) is 78.6 cm³/mol. The lowest BCUT2D eigenvalue weighted by Gasteiger charge is -2.06. The van der Waals surface area contributed by atoms with Crippen LogP contribution in [0.3, 0.4) is 0 Å². The van der Waals surface area contributed by atoms with E-state index in [0.717, 1.165) is 24.5 Å². The van der Waals surface area contributed by atoms with Gasteiger partial charge in [0.15, 0.2) is 10.6 Å². The van der Waals surface area contributed by atoms with Crippen LogP contribution in [0.25, 0.3) is 11.5 Å². The number of aryl methyl sites for hydroxylation is 1. The smallest absolute Gasteiger partial charge is 0.195 e. The second kappa shape index (κ2) is 5.75. The molecule has 3 rings (SSSR count). The summed E-state index contributed by atoms with van der Waals surface area (Å²) in [4.78, 5) is 8.43. The number of pyridine rings is 2. The molecule has 3 heterocycles. The van der Waals surface area contributed by atoms with Crippen molar-refractivity contribution in [1.29, 1.82) is 0 Å². The maximum Gasteiger partial charge on any atom is 0.195 e. The van der Waals surface area contributed by atoms with Crippen molar-refractivity contribution in [2.75, 3.05) is 0 Å². The molecule has 0 aliphatic carbocycles. The summed E-state index contributed by atoms with van der Waals surface area (Å²) in [5, 5.41) is 7.10. The molecule has 100 valence electrons. The van der Waals surface area contributed by atoms with Crippen molar-refractivity contribution >= 4 is 12.2 Å². The van der Waals surface area contributed by atoms with Crippen LogP contribution >= 0.6 is 12.2 Å². The van der Waals surface area contributed by atoms with Crippen LogP contribution in [0.5, 0.6) is 0 Å². The molecule has 1 N–H and O–H groups in total. The first kappa shape index (κ1) is 12.7. The van der Waals surface area contributed by atoms with Gasteiger partial charge in [0, 0.05) is 25.1 Å². The van der Waals surface area contributed by atoms with Crippen molar-refractivity contribution in [3.05, 3.63) is 59.3 Å². The first-order chi connectivity index (χ1) is 9.84. The zero-order chi connectivity index (χ0) is 13.8. The van der Waals surface area contributed by atoms with Gasteiger partial charge >= 0.3 is 0 Å². The van der Waals surface area contributed by atoms with Gasteiger partial charge in [-0.2, -0.15) is 5.10 Å². The van der Waals surface area contributed by atoms with Crippen LogP contribution < -0.4 is 0 Å². The molecule has 0 bridgehead atoms. The van der Waals surface area contributed by atoms with Gasteiger partial charge < -0.3 is 0 Å². The van der Waals surface area contributed by atoms with Crippen molar-refractivity contribution in [3.8, 4) is 11.5 Å².